The van der Waals surface area contributed by atoms with Crippen molar-refractivity contribution < 1.29 is 29.6 Å². The molecule has 0 aromatic rings. The number of carbonyl (C=O) groups excluding carboxylic acids is 2. The molecule has 0 bridgehead atoms. The molecule has 0 aromatic carbocycles. The van der Waals surface area contributed by atoms with Gasteiger partial charge in [0, 0.05) is 0 Å². The lowest BCUT2D eigenvalue weighted by molar-refractivity contribution is -0.199. The summed E-state index contributed by atoms with van der Waals surface area (Å²) >= 11 is 0. The molecule has 0 radical (unpaired) electrons. The number of allylic oxidation sites excluding steroid dienone is 2. The summed E-state index contributed by atoms with van der Waals surface area (Å²) in [6.07, 6.45) is 7.12. The lowest BCUT2D eigenvalue weighted by Crippen LogP contribution is -2.60. The summed E-state index contributed by atoms with van der Waals surface area (Å²) < 4.78 is 5.80. The molecule has 4 fully saturated rings. The van der Waals surface area contributed by atoms with Crippen LogP contribution in [0.4, 0.5) is 0 Å². The van der Waals surface area contributed by atoms with Crippen LogP contribution in [0.25, 0.3) is 0 Å². The molecule has 1 saturated heterocycles. The zero-order valence-electron chi connectivity index (χ0n) is 23.1. The van der Waals surface area contributed by atoms with Gasteiger partial charge in [-0.2, -0.15) is 0 Å². The van der Waals surface area contributed by atoms with Gasteiger partial charge >= 0.3 is 5.97 Å². The lowest BCUT2D eigenvalue weighted by atomic mass is 9.43. The van der Waals surface area contributed by atoms with Crippen LogP contribution in [0, 0.1) is 44.8 Å². The number of aliphatic hydroxyl groups excluding tert-OH is 2. The molecule has 6 heteroatoms. The van der Waals surface area contributed by atoms with Crippen molar-refractivity contribution in [2.75, 3.05) is 0 Å². The third kappa shape index (κ3) is 3.07. The lowest BCUT2D eigenvalue weighted by Gasteiger charge is -2.61. The summed E-state index contributed by atoms with van der Waals surface area (Å²) in [5.74, 6) is -0.524. The standard InChI is InChI=1S/C30H46O6/c1-17-14-18(23(33)26(4,5)35)36-24(34)22(17)27(6)12-13-30-15-29(30)11-10-21(32)25(2,3)19(29)8-9-20(30)28(27,7)16-31/h9,16-19,21-23,32-33,35H,8,10-15H2,1-7H3/t17-,18-,19+,21+,22?,23+,27-,28+,29-,30+/m1/s1. The highest BCUT2D eigenvalue weighted by atomic mass is 16.6. The van der Waals surface area contributed by atoms with Crippen molar-refractivity contribution in [2.24, 2.45) is 44.8 Å². The van der Waals surface area contributed by atoms with Crippen molar-refractivity contribution in [3.63, 3.8) is 0 Å². The van der Waals surface area contributed by atoms with E-state index in [2.05, 4.69) is 26.8 Å². The summed E-state index contributed by atoms with van der Waals surface area (Å²) in [4.78, 5) is 26.7. The van der Waals surface area contributed by atoms with E-state index in [1.165, 1.54) is 19.4 Å². The summed E-state index contributed by atoms with van der Waals surface area (Å²) in [5, 5.41) is 31.7. The Balaban J connectivity index is 1.50. The quantitative estimate of drug-likeness (QED) is 0.302. The molecule has 0 aromatic heterocycles. The van der Waals surface area contributed by atoms with Gasteiger partial charge in [-0.1, -0.05) is 39.3 Å². The van der Waals surface area contributed by atoms with Crippen molar-refractivity contribution in [3.8, 4) is 0 Å². The van der Waals surface area contributed by atoms with Crippen LogP contribution >= 0.6 is 0 Å². The third-order valence-electron chi connectivity index (χ3n) is 12.3. The smallest absolute Gasteiger partial charge is 0.310 e. The molecule has 4 aliphatic carbocycles. The van der Waals surface area contributed by atoms with E-state index in [0.29, 0.717) is 12.3 Å². The zero-order valence-corrected chi connectivity index (χ0v) is 23.1. The van der Waals surface area contributed by atoms with E-state index in [1.54, 1.807) is 0 Å². The highest BCUT2D eigenvalue weighted by Gasteiger charge is 2.80. The van der Waals surface area contributed by atoms with Gasteiger partial charge in [-0.05, 0) is 99.2 Å². The second-order valence-electron chi connectivity index (χ2n) is 14.7. The predicted molar refractivity (Wildman–Crippen MR) is 136 cm³/mol. The van der Waals surface area contributed by atoms with Crippen LogP contribution in [0.5, 0.6) is 0 Å². The second kappa shape index (κ2) is 7.66. The zero-order chi connectivity index (χ0) is 26.7. The fourth-order valence-corrected chi connectivity index (χ4v) is 9.93. The number of aldehydes is 1. The number of cyclic esters (lactones) is 1. The van der Waals surface area contributed by atoms with Gasteiger partial charge in [0.1, 0.15) is 18.5 Å². The van der Waals surface area contributed by atoms with E-state index in [0.717, 1.165) is 44.8 Å². The summed E-state index contributed by atoms with van der Waals surface area (Å²) in [7, 11) is 0. The summed E-state index contributed by atoms with van der Waals surface area (Å²) in [6, 6.07) is 0. The summed E-state index contributed by atoms with van der Waals surface area (Å²) in [6.45, 7) is 13.6. The molecule has 6 nitrogen and oxygen atoms in total. The number of rotatable bonds is 4. The van der Waals surface area contributed by atoms with Gasteiger partial charge in [-0.15, -0.1) is 0 Å². The molecular formula is C30H46O6. The minimum Gasteiger partial charge on any atom is -0.459 e. The van der Waals surface area contributed by atoms with E-state index in [9.17, 15) is 24.9 Å². The van der Waals surface area contributed by atoms with Crippen LogP contribution in [0.1, 0.15) is 93.4 Å². The number of hydrogen-bond donors (Lipinski definition) is 3. The van der Waals surface area contributed by atoms with E-state index in [4.69, 9.17) is 4.74 Å². The van der Waals surface area contributed by atoms with Gasteiger partial charge in [-0.25, -0.2) is 0 Å². The number of carbonyl (C=O) groups is 2. The van der Waals surface area contributed by atoms with Gasteiger partial charge in [0.2, 0.25) is 0 Å². The Kier molecular flexibility index (Phi) is 5.61. The van der Waals surface area contributed by atoms with Crippen LogP contribution in [0.2, 0.25) is 0 Å². The van der Waals surface area contributed by atoms with Crippen molar-refractivity contribution in [3.05, 3.63) is 11.6 Å². The Morgan fingerprint density at radius 1 is 1.17 bits per heavy atom. The highest BCUT2D eigenvalue weighted by Crippen LogP contribution is 2.86. The third-order valence-corrected chi connectivity index (χ3v) is 12.3. The first-order chi connectivity index (χ1) is 16.5. The predicted octanol–water partition coefficient (Wildman–Crippen LogP) is 4.20. The molecule has 1 aliphatic heterocycles. The van der Waals surface area contributed by atoms with E-state index < -0.39 is 34.6 Å². The topological polar surface area (TPSA) is 104 Å². The largest absolute Gasteiger partial charge is 0.459 e. The van der Waals surface area contributed by atoms with Crippen molar-refractivity contribution in [1.29, 1.82) is 0 Å². The number of hydrogen-bond acceptors (Lipinski definition) is 6. The van der Waals surface area contributed by atoms with Crippen LogP contribution in [-0.4, -0.2) is 51.5 Å². The Hall–Kier alpha value is -1.24. The maximum atomic E-state index is 13.6. The van der Waals surface area contributed by atoms with Crippen molar-refractivity contribution in [2.45, 2.75) is 117 Å². The average molecular weight is 503 g/mol. The number of esters is 1. The molecule has 202 valence electrons. The number of ether oxygens (including phenoxy) is 1. The molecule has 3 saturated carbocycles. The fraction of sp³-hybridized carbons (Fsp3) is 0.867. The minimum atomic E-state index is -1.37. The maximum Gasteiger partial charge on any atom is 0.310 e. The fourth-order valence-electron chi connectivity index (χ4n) is 9.93. The van der Waals surface area contributed by atoms with Gasteiger partial charge in [0.05, 0.1) is 23.0 Å². The first kappa shape index (κ1) is 26.4. The Morgan fingerprint density at radius 3 is 2.42 bits per heavy atom. The van der Waals surface area contributed by atoms with Crippen LogP contribution in [0.15, 0.2) is 11.6 Å². The Labute approximate surface area is 215 Å². The van der Waals surface area contributed by atoms with Gasteiger partial charge in [-0.3, -0.25) is 4.79 Å². The average Bonchev–Trinajstić information content (AvgIpc) is 3.46. The van der Waals surface area contributed by atoms with E-state index >= 15 is 0 Å². The first-order valence-corrected chi connectivity index (χ1v) is 14.0. The molecule has 3 N–H and O–H groups in total. The molecule has 5 rings (SSSR count). The van der Waals surface area contributed by atoms with E-state index in [-0.39, 0.29) is 34.2 Å². The first-order valence-electron chi connectivity index (χ1n) is 14.0. The highest BCUT2D eigenvalue weighted by molar-refractivity contribution is 5.78. The Bertz CT molecular complexity index is 994. The normalized spacial score (nSPS) is 50.6. The molecule has 2 spiro atoms. The molecule has 1 unspecified atom stereocenters. The number of aliphatic hydroxyl groups is 3. The van der Waals surface area contributed by atoms with Crippen LogP contribution < -0.4 is 0 Å². The molecular weight excluding hydrogens is 456 g/mol. The van der Waals surface area contributed by atoms with E-state index in [1.807, 2.05) is 13.8 Å². The second-order valence-corrected chi connectivity index (χ2v) is 14.7. The SMILES string of the molecule is C[C@@H]1C[C@H]([C@H](O)C(C)(C)O)OC(=O)C1[C@@]1(C)CC[C@@]23C[C@@]24CC[C@H](O)C(C)(C)[C@@H]4CC=C3[C@]1(C)C=O. The minimum absolute atomic E-state index is 0.00997. The molecule has 36 heavy (non-hydrogen) atoms. The molecule has 1 heterocycles. The molecule has 10 atom stereocenters. The van der Waals surface area contributed by atoms with Crippen molar-refractivity contribution >= 4 is 12.3 Å². The molecule has 5 aliphatic rings. The summed E-state index contributed by atoms with van der Waals surface area (Å²) in [5.41, 5.74) is -1.56. The van der Waals surface area contributed by atoms with Crippen LogP contribution in [-0.2, 0) is 14.3 Å². The van der Waals surface area contributed by atoms with Gasteiger partial charge in [0.25, 0.3) is 0 Å². The van der Waals surface area contributed by atoms with Crippen molar-refractivity contribution in [1.82, 2.24) is 0 Å². The van der Waals surface area contributed by atoms with Gasteiger partial charge < -0.3 is 24.9 Å². The van der Waals surface area contributed by atoms with Crippen LogP contribution in [0.3, 0.4) is 0 Å². The van der Waals surface area contributed by atoms with Gasteiger partial charge in [0.15, 0.2) is 0 Å². The Morgan fingerprint density at radius 2 is 1.83 bits per heavy atom. The maximum absolute atomic E-state index is 13.6. The monoisotopic (exact) mass is 502 g/mol. The molecule has 0 amide bonds.